The minimum atomic E-state index is -0.244. The fraction of sp³-hybridized carbons (Fsp3) is 0.286. The lowest BCUT2D eigenvalue weighted by molar-refractivity contribution is 0.245. The first kappa shape index (κ1) is 25.1. The first-order chi connectivity index (χ1) is 19.9. The third-order valence-corrected chi connectivity index (χ3v) is 7.52. The molecule has 0 saturated carbocycles. The van der Waals surface area contributed by atoms with E-state index < -0.39 is 0 Å². The van der Waals surface area contributed by atoms with Crippen LogP contribution in [0, 0.1) is 19.7 Å². The van der Waals surface area contributed by atoms with Crippen LogP contribution in [-0.2, 0) is 6.54 Å². The second-order valence-electron chi connectivity index (χ2n) is 10.2. The molecule has 1 aromatic carbocycles. The van der Waals surface area contributed by atoms with Crippen LogP contribution in [0.3, 0.4) is 0 Å². The molecule has 7 rings (SSSR count). The molecule has 1 fully saturated rings. The highest BCUT2D eigenvalue weighted by Crippen LogP contribution is 2.29. The third kappa shape index (κ3) is 4.53. The standard InChI is InChI=1S/C28H28FN11O/c1-17-4-3-7-31-24(17)25-33-27-20-16-32-39(26(20)34-28(30)40(27)35-25)13-10-37-8-11-38(12-9-37)22-15-19(5-6-21(22)29)23-14-18(2)36-41-23/h3-7,14-16H,8-13H2,1-2H3,(H2,30,34). The van der Waals surface area contributed by atoms with Crippen molar-refractivity contribution in [2.45, 2.75) is 20.4 Å². The molecule has 0 bridgehead atoms. The van der Waals surface area contributed by atoms with Crippen LogP contribution in [-0.4, -0.2) is 77.1 Å². The number of hydrogen-bond donors (Lipinski definition) is 1. The summed E-state index contributed by atoms with van der Waals surface area (Å²) in [5, 5.41) is 13.9. The molecule has 12 nitrogen and oxygen atoms in total. The number of hydrogen-bond acceptors (Lipinski definition) is 10. The number of fused-ring (bicyclic) bond motifs is 3. The van der Waals surface area contributed by atoms with Gasteiger partial charge in [0.25, 0.3) is 0 Å². The number of aromatic nitrogens is 8. The third-order valence-electron chi connectivity index (χ3n) is 7.52. The van der Waals surface area contributed by atoms with E-state index >= 15 is 0 Å². The summed E-state index contributed by atoms with van der Waals surface area (Å²) in [7, 11) is 0. The lowest BCUT2D eigenvalue weighted by Crippen LogP contribution is -2.47. The number of halogens is 1. The maximum atomic E-state index is 14.8. The largest absolute Gasteiger partial charge is 0.368 e. The highest BCUT2D eigenvalue weighted by molar-refractivity contribution is 5.90. The van der Waals surface area contributed by atoms with Crippen molar-refractivity contribution in [3.63, 3.8) is 0 Å². The zero-order valence-electron chi connectivity index (χ0n) is 22.7. The van der Waals surface area contributed by atoms with Gasteiger partial charge < -0.3 is 15.2 Å². The van der Waals surface area contributed by atoms with E-state index in [1.165, 1.54) is 10.6 Å². The van der Waals surface area contributed by atoms with Crippen LogP contribution in [0.25, 0.3) is 39.5 Å². The van der Waals surface area contributed by atoms with Crippen LogP contribution in [0.2, 0.25) is 0 Å². The molecule has 6 heterocycles. The number of nitrogen functional groups attached to an aromatic ring is 1. The number of rotatable bonds is 6. The van der Waals surface area contributed by atoms with E-state index in [-0.39, 0.29) is 11.8 Å². The summed E-state index contributed by atoms with van der Waals surface area (Å²) in [6.07, 6.45) is 3.47. The van der Waals surface area contributed by atoms with E-state index in [2.05, 4.69) is 35.1 Å². The first-order valence-corrected chi connectivity index (χ1v) is 13.4. The van der Waals surface area contributed by atoms with Gasteiger partial charge in [0, 0.05) is 50.6 Å². The number of anilines is 2. The van der Waals surface area contributed by atoms with Crippen molar-refractivity contribution in [2.75, 3.05) is 43.4 Å². The Hall–Kier alpha value is -4.91. The summed E-state index contributed by atoms with van der Waals surface area (Å²) < 4.78 is 23.5. The Morgan fingerprint density at radius 3 is 2.63 bits per heavy atom. The normalized spacial score (nSPS) is 14.5. The average Bonchev–Trinajstić information content (AvgIpc) is 3.72. The van der Waals surface area contributed by atoms with Crippen molar-refractivity contribution in [1.29, 1.82) is 0 Å². The van der Waals surface area contributed by atoms with Crippen molar-refractivity contribution < 1.29 is 8.91 Å². The lowest BCUT2D eigenvalue weighted by atomic mass is 10.1. The SMILES string of the molecule is Cc1cc(-c2ccc(F)c(N3CCN(CCn4ncc5c4nc(N)n4nc(-c6ncccc6C)nc54)CC3)c2)on1. The number of pyridine rings is 1. The van der Waals surface area contributed by atoms with Crippen molar-refractivity contribution >= 4 is 28.3 Å². The number of piperazine rings is 1. The number of aryl methyl sites for hydroxylation is 2. The van der Waals surface area contributed by atoms with Gasteiger partial charge in [0.1, 0.15) is 11.5 Å². The smallest absolute Gasteiger partial charge is 0.225 e. The molecule has 0 radical (unpaired) electrons. The van der Waals surface area contributed by atoms with Crippen LogP contribution >= 0.6 is 0 Å². The highest BCUT2D eigenvalue weighted by Gasteiger charge is 2.22. The Morgan fingerprint density at radius 2 is 1.85 bits per heavy atom. The number of nitrogens with two attached hydrogens (primary N) is 1. The minimum absolute atomic E-state index is 0.236. The fourth-order valence-electron chi connectivity index (χ4n) is 5.30. The zero-order chi connectivity index (χ0) is 28.1. The molecule has 0 atom stereocenters. The highest BCUT2D eigenvalue weighted by atomic mass is 19.1. The number of benzene rings is 1. The van der Waals surface area contributed by atoms with Gasteiger partial charge in [0.05, 0.1) is 29.5 Å². The molecule has 0 aliphatic carbocycles. The Balaban J connectivity index is 1.05. The summed E-state index contributed by atoms with van der Waals surface area (Å²) in [6, 6.07) is 10.7. The van der Waals surface area contributed by atoms with Crippen LogP contribution in [0.5, 0.6) is 0 Å². The van der Waals surface area contributed by atoms with Gasteiger partial charge in [-0.1, -0.05) is 11.2 Å². The predicted octanol–water partition coefficient (Wildman–Crippen LogP) is 3.35. The first-order valence-electron chi connectivity index (χ1n) is 13.4. The maximum Gasteiger partial charge on any atom is 0.225 e. The van der Waals surface area contributed by atoms with Crippen LogP contribution in [0.15, 0.2) is 53.3 Å². The van der Waals surface area contributed by atoms with Gasteiger partial charge >= 0.3 is 0 Å². The second-order valence-corrected chi connectivity index (χ2v) is 10.2. The fourth-order valence-corrected chi connectivity index (χ4v) is 5.30. The maximum absolute atomic E-state index is 14.8. The van der Waals surface area contributed by atoms with E-state index in [9.17, 15) is 4.39 Å². The molecule has 1 aliphatic rings. The molecule has 13 heteroatoms. The van der Waals surface area contributed by atoms with Crippen LogP contribution in [0.4, 0.5) is 16.0 Å². The number of nitrogens with zero attached hydrogens (tertiary/aromatic N) is 10. The molecule has 0 amide bonds. The Kier molecular flexibility index (Phi) is 6.07. The van der Waals surface area contributed by atoms with E-state index in [4.69, 9.17) is 15.2 Å². The van der Waals surface area contributed by atoms with Crippen molar-refractivity contribution in [1.82, 2.24) is 44.4 Å². The molecule has 1 saturated heterocycles. The predicted molar refractivity (Wildman–Crippen MR) is 152 cm³/mol. The van der Waals surface area contributed by atoms with Crippen LogP contribution < -0.4 is 10.6 Å². The molecule has 0 unspecified atom stereocenters. The molecular weight excluding hydrogens is 525 g/mol. The zero-order valence-corrected chi connectivity index (χ0v) is 22.7. The minimum Gasteiger partial charge on any atom is -0.368 e. The molecule has 41 heavy (non-hydrogen) atoms. The molecule has 1 aliphatic heterocycles. The lowest BCUT2D eigenvalue weighted by Gasteiger charge is -2.36. The topological polar surface area (TPSA) is 132 Å². The Morgan fingerprint density at radius 1 is 1.00 bits per heavy atom. The second kappa shape index (κ2) is 9.93. The molecule has 5 aromatic heterocycles. The van der Waals surface area contributed by atoms with Crippen LogP contribution in [0.1, 0.15) is 11.3 Å². The van der Waals surface area contributed by atoms with Gasteiger partial charge in [-0.3, -0.25) is 9.88 Å². The molecule has 2 N–H and O–H groups in total. The van der Waals surface area contributed by atoms with Gasteiger partial charge in [-0.25, -0.2) is 14.1 Å². The quantitative estimate of drug-likeness (QED) is 0.327. The molecule has 6 aromatic rings. The molecule has 208 valence electrons. The van der Waals surface area contributed by atoms with E-state index in [0.717, 1.165) is 41.8 Å². The summed E-state index contributed by atoms with van der Waals surface area (Å²) in [5.41, 5.74) is 11.4. The van der Waals surface area contributed by atoms with Gasteiger partial charge in [-0.15, -0.1) is 5.10 Å². The summed E-state index contributed by atoms with van der Waals surface area (Å²) in [4.78, 5) is 18.2. The van der Waals surface area contributed by atoms with Crippen molar-refractivity contribution in [3.8, 4) is 22.8 Å². The summed E-state index contributed by atoms with van der Waals surface area (Å²) in [5.74, 6) is 1.12. The van der Waals surface area contributed by atoms with Crippen molar-refractivity contribution in [3.05, 3.63) is 65.9 Å². The monoisotopic (exact) mass is 553 g/mol. The summed E-state index contributed by atoms with van der Waals surface area (Å²) >= 11 is 0. The van der Waals surface area contributed by atoms with Gasteiger partial charge in [0.2, 0.25) is 11.8 Å². The Bertz CT molecular complexity index is 1880. The van der Waals surface area contributed by atoms with Gasteiger partial charge in [-0.05, 0) is 43.7 Å². The van der Waals surface area contributed by atoms with E-state index in [1.807, 2.05) is 42.8 Å². The Labute approximate surface area is 234 Å². The average molecular weight is 554 g/mol. The molecular formula is C28H28FN11O. The van der Waals surface area contributed by atoms with Gasteiger partial charge in [0.15, 0.2) is 17.1 Å². The van der Waals surface area contributed by atoms with E-state index in [1.54, 1.807) is 18.5 Å². The van der Waals surface area contributed by atoms with Crippen molar-refractivity contribution in [2.24, 2.45) is 0 Å². The summed E-state index contributed by atoms with van der Waals surface area (Å²) in [6.45, 7) is 8.22. The van der Waals surface area contributed by atoms with E-state index in [0.29, 0.717) is 53.9 Å². The van der Waals surface area contributed by atoms with Gasteiger partial charge in [-0.2, -0.15) is 14.6 Å². The molecule has 0 spiro atoms.